The van der Waals surface area contributed by atoms with Crippen molar-refractivity contribution in [3.05, 3.63) is 71.3 Å². The van der Waals surface area contributed by atoms with Crippen LogP contribution in [0.25, 0.3) is 12.2 Å². The van der Waals surface area contributed by atoms with Gasteiger partial charge in [0.05, 0.1) is 14.2 Å². The Balaban J connectivity index is 2.05. The van der Waals surface area contributed by atoms with E-state index in [0.29, 0.717) is 11.5 Å². The molecular weight excluding hydrogens is 344 g/mol. The summed E-state index contributed by atoms with van der Waals surface area (Å²) in [5, 5.41) is 19.2. The summed E-state index contributed by atoms with van der Waals surface area (Å²) in [5.74, 6) is 0.707. The first-order valence-electron chi connectivity index (χ1n) is 8.25. The van der Waals surface area contributed by atoms with E-state index in [4.69, 9.17) is 9.47 Å². The number of allylic oxidation sites excluding steroid dienone is 4. The van der Waals surface area contributed by atoms with Crippen LogP contribution in [0.4, 0.5) is 0 Å². The van der Waals surface area contributed by atoms with E-state index in [1.165, 1.54) is 32.4 Å². The SMILES string of the molecule is COc1cc(C=CC(=O)C=C(C)C=Cc2ccc(O)c(OC)c2)ccc1O. The van der Waals surface area contributed by atoms with Crippen molar-refractivity contribution in [3.8, 4) is 23.0 Å². The molecule has 0 saturated heterocycles. The van der Waals surface area contributed by atoms with Crippen LogP contribution in [0.15, 0.2) is 60.2 Å². The van der Waals surface area contributed by atoms with Crippen molar-refractivity contribution in [2.24, 2.45) is 0 Å². The van der Waals surface area contributed by atoms with E-state index in [9.17, 15) is 15.0 Å². The summed E-state index contributed by atoms with van der Waals surface area (Å²) in [6, 6.07) is 9.86. The van der Waals surface area contributed by atoms with Gasteiger partial charge in [0.15, 0.2) is 28.8 Å². The van der Waals surface area contributed by atoms with Crippen molar-refractivity contribution >= 4 is 17.9 Å². The third-order valence-electron chi connectivity index (χ3n) is 3.76. The lowest BCUT2D eigenvalue weighted by molar-refractivity contribution is -0.110. The molecule has 0 aliphatic carbocycles. The number of benzene rings is 2. The van der Waals surface area contributed by atoms with Gasteiger partial charge < -0.3 is 19.7 Å². The highest BCUT2D eigenvalue weighted by atomic mass is 16.5. The maximum Gasteiger partial charge on any atom is 0.178 e. The molecule has 0 aromatic heterocycles. The van der Waals surface area contributed by atoms with Crippen molar-refractivity contribution in [2.45, 2.75) is 6.92 Å². The predicted molar refractivity (Wildman–Crippen MR) is 106 cm³/mol. The van der Waals surface area contributed by atoms with Crippen LogP contribution < -0.4 is 9.47 Å². The van der Waals surface area contributed by atoms with E-state index < -0.39 is 0 Å². The highest BCUT2D eigenvalue weighted by Crippen LogP contribution is 2.27. The fourth-order valence-corrected chi connectivity index (χ4v) is 2.32. The molecule has 0 spiro atoms. The smallest absolute Gasteiger partial charge is 0.178 e. The van der Waals surface area contributed by atoms with Crippen LogP contribution in [0.2, 0.25) is 0 Å². The number of carbonyl (C=O) groups is 1. The number of phenols is 2. The van der Waals surface area contributed by atoms with Crippen molar-refractivity contribution in [1.82, 2.24) is 0 Å². The summed E-state index contributed by atoms with van der Waals surface area (Å²) in [4.78, 5) is 12.1. The van der Waals surface area contributed by atoms with Crippen LogP contribution in [0.3, 0.4) is 0 Å². The normalized spacial score (nSPS) is 11.9. The van der Waals surface area contributed by atoms with Gasteiger partial charge >= 0.3 is 0 Å². The molecule has 2 aromatic carbocycles. The molecule has 140 valence electrons. The highest BCUT2D eigenvalue weighted by Gasteiger charge is 2.02. The Labute approximate surface area is 158 Å². The number of hydrogen-bond donors (Lipinski definition) is 2. The Morgan fingerprint density at radius 2 is 1.33 bits per heavy atom. The molecule has 0 radical (unpaired) electrons. The lowest BCUT2D eigenvalue weighted by Gasteiger charge is -2.03. The topological polar surface area (TPSA) is 76.0 Å². The number of phenolic OH excluding ortho intramolecular Hbond substituents is 2. The van der Waals surface area contributed by atoms with Crippen LogP contribution in [0, 0.1) is 0 Å². The summed E-state index contributed by atoms with van der Waals surface area (Å²) in [5.41, 5.74) is 2.37. The number of aromatic hydroxyl groups is 2. The van der Waals surface area contributed by atoms with Gasteiger partial charge in [-0.3, -0.25) is 4.79 Å². The van der Waals surface area contributed by atoms with E-state index in [0.717, 1.165) is 16.7 Å². The molecule has 0 aliphatic heterocycles. The zero-order valence-electron chi connectivity index (χ0n) is 15.5. The van der Waals surface area contributed by atoms with Crippen molar-refractivity contribution in [1.29, 1.82) is 0 Å². The van der Waals surface area contributed by atoms with Gasteiger partial charge in [0, 0.05) is 0 Å². The van der Waals surface area contributed by atoms with Gasteiger partial charge in [-0.1, -0.05) is 30.4 Å². The summed E-state index contributed by atoms with van der Waals surface area (Å²) >= 11 is 0. The minimum Gasteiger partial charge on any atom is -0.504 e. The Hall–Kier alpha value is -3.47. The van der Waals surface area contributed by atoms with Crippen LogP contribution in [-0.4, -0.2) is 30.2 Å². The van der Waals surface area contributed by atoms with Gasteiger partial charge in [0.25, 0.3) is 0 Å². The summed E-state index contributed by atoms with van der Waals surface area (Å²) in [6.07, 6.45) is 8.26. The van der Waals surface area contributed by atoms with Gasteiger partial charge in [0.1, 0.15) is 0 Å². The minimum atomic E-state index is -0.160. The van der Waals surface area contributed by atoms with E-state index in [2.05, 4.69) is 0 Å². The molecule has 5 nitrogen and oxygen atoms in total. The van der Waals surface area contributed by atoms with E-state index in [1.807, 2.05) is 13.0 Å². The van der Waals surface area contributed by atoms with E-state index in [1.54, 1.807) is 42.5 Å². The molecule has 0 amide bonds. The number of ether oxygens (including phenoxy) is 2. The van der Waals surface area contributed by atoms with Crippen LogP contribution in [-0.2, 0) is 4.79 Å². The Kier molecular flexibility index (Phi) is 6.83. The second kappa shape index (κ2) is 9.29. The van der Waals surface area contributed by atoms with Crippen LogP contribution in [0.1, 0.15) is 18.1 Å². The largest absolute Gasteiger partial charge is 0.504 e. The van der Waals surface area contributed by atoms with Gasteiger partial charge in [-0.15, -0.1) is 0 Å². The molecule has 5 heteroatoms. The molecular formula is C22H22O5. The molecule has 2 N–H and O–H groups in total. The number of hydrogen-bond acceptors (Lipinski definition) is 5. The van der Waals surface area contributed by atoms with E-state index >= 15 is 0 Å². The fraction of sp³-hybridized carbons (Fsp3) is 0.136. The van der Waals surface area contributed by atoms with Gasteiger partial charge in [-0.05, 0) is 60.0 Å². The third kappa shape index (κ3) is 5.78. The number of ketones is 1. The lowest BCUT2D eigenvalue weighted by atomic mass is 10.1. The standard InChI is InChI=1S/C22H22O5/c1-15(4-5-16-7-10-19(24)21(13-16)26-2)12-18(23)9-6-17-8-11-20(25)22(14-17)27-3/h4-14,24-25H,1-3H3. The minimum absolute atomic E-state index is 0.0488. The summed E-state index contributed by atoms with van der Waals surface area (Å²) < 4.78 is 10.1. The zero-order chi connectivity index (χ0) is 19.8. The Morgan fingerprint density at radius 1 is 0.852 bits per heavy atom. The van der Waals surface area contributed by atoms with E-state index in [-0.39, 0.29) is 17.3 Å². The predicted octanol–water partition coefficient (Wildman–Crippen LogP) is 4.36. The molecule has 0 saturated carbocycles. The number of rotatable bonds is 7. The first-order valence-corrected chi connectivity index (χ1v) is 8.25. The molecule has 0 atom stereocenters. The first-order chi connectivity index (χ1) is 12.9. The maximum absolute atomic E-state index is 12.1. The molecule has 0 unspecified atom stereocenters. The van der Waals surface area contributed by atoms with Crippen LogP contribution in [0.5, 0.6) is 23.0 Å². The zero-order valence-corrected chi connectivity index (χ0v) is 15.5. The highest BCUT2D eigenvalue weighted by molar-refractivity contribution is 6.02. The molecule has 2 aromatic rings. The Morgan fingerprint density at radius 3 is 1.81 bits per heavy atom. The van der Waals surface area contributed by atoms with Crippen molar-refractivity contribution in [3.63, 3.8) is 0 Å². The molecule has 2 rings (SSSR count). The lowest BCUT2D eigenvalue weighted by Crippen LogP contribution is -1.88. The molecule has 0 aliphatic rings. The number of carbonyl (C=O) groups excluding carboxylic acids is 1. The Bertz CT molecular complexity index is 907. The second-order valence-electron chi connectivity index (χ2n) is 5.82. The monoisotopic (exact) mass is 366 g/mol. The van der Waals surface area contributed by atoms with Gasteiger partial charge in [-0.25, -0.2) is 0 Å². The molecule has 27 heavy (non-hydrogen) atoms. The molecule has 0 bridgehead atoms. The van der Waals surface area contributed by atoms with Gasteiger partial charge in [0.2, 0.25) is 0 Å². The van der Waals surface area contributed by atoms with Gasteiger partial charge in [-0.2, -0.15) is 0 Å². The first kappa shape index (κ1) is 19.8. The average Bonchev–Trinajstić information content (AvgIpc) is 2.66. The summed E-state index contributed by atoms with van der Waals surface area (Å²) in [7, 11) is 2.96. The van der Waals surface area contributed by atoms with Crippen molar-refractivity contribution in [2.75, 3.05) is 14.2 Å². The maximum atomic E-state index is 12.1. The number of methoxy groups -OCH3 is 2. The quantitative estimate of drug-likeness (QED) is 0.563. The third-order valence-corrected chi connectivity index (χ3v) is 3.76. The molecule has 0 fully saturated rings. The average molecular weight is 366 g/mol. The molecule has 0 heterocycles. The fourth-order valence-electron chi connectivity index (χ4n) is 2.32. The van der Waals surface area contributed by atoms with Crippen molar-refractivity contribution < 1.29 is 24.5 Å². The summed E-state index contributed by atoms with van der Waals surface area (Å²) in [6.45, 7) is 1.82. The second-order valence-corrected chi connectivity index (χ2v) is 5.82. The van der Waals surface area contributed by atoms with Crippen LogP contribution >= 0.6 is 0 Å².